The molecule has 0 radical (unpaired) electrons. The van der Waals surface area contributed by atoms with Crippen LogP contribution >= 0.6 is 0 Å². The molecule has 0 aromatic carbocycles. The number of rotatable bonds is 0. The Morgan fingerprint density at radius 2 is 1.27 bits per heavy atom. The Morgan fingerprint density at radius 3 is 1.80 bits per heavy atom. The molecule has 2 aliphatic carbocycles. The lowest BCUT2D eigenvalue weighted by Crippen LogP contribution is -2.60. The monoisotopic (exact) mass is 209 g/mol. The second kappa shape index (κ2) is 4.06. The molecule has 3 rings (SSSR count). The van der Waals surface area contributed by atoms with E-state index in [9.17, 15) is 0 Å². The average molecular weight is 209 g/mol. The van der Waals surface area contributed by atoms with Crippen LogP contribution in [0, 0.1) is 0 Å². The standard InChI is InChI=1S/C13H23NO/c1-14-10-6-2-4-8-12(10)15-13-9-5-3-7-11(13)14/h10-13H,2-9H2,1H3/t10?,11?,12-,13?/m1/s1. The molecular weight excluding hydrogens is 186 g/mol. The quantitative estimate of drug-likeness (QED) is 0.608. The summed E-state index contributed by atoms with van der Waals surface area (Å²) in [5, 5.41) is 0. The first-order valence-electron chi connectivity index (χ1n) is 6.73. The average Bonchev–Trinajstić information content (AvgIpc) is 2.30. The lowest BCUT2D eigenvalue weighted by atomic mass is 9.83. The second-order valence-corrected chi connectivity index (χ2v) is 5.58. The van der Waals surface area contributed by atoms with Gasteiger partial charge in [-0.15, -0.1) is 0 Å². The van der Waals surface area contributed by atoms with E-state index in [1.807, 2.05) is 0 Å². The Kier molecular flexibility index (Phi) is 2.73. The minimum absolute atomic E-state index is 0.558. The summed E-state index contributed by atoms with van der Waals surface area (Å²) in [6.07, 6.45) is 12.0. The Hall–Kier alpha value is -0.0800. The zero-order valence-electron chi connectivity index (χ0n) is 9.82. The normalized spacial score (nSPS) is 47.0. The van der Waals surface area contributed by atoms with Crippen LogP contribution in [0.3, 0.4) is 0 Å². The molecule has 2 nitrogen and oxygen atoms in total. The van der Waals surface area contributed by atoms with Crippen molar-refractivity contribution in [1.29, 1.82) is 0 Å². The highest BCUT2D eigenvalue weighted by Crippen LogP contribution is 2.37. The Morgan fingerprint density at radius 1 is 0.800 bits per heavy atom. The Balaban J connectivity index is 1.76. The van der Waals surface area contributed by atoms with E-state index in [1.165, 1.54) is 51.4 Å². The molecule has 0 amide bonds. The minimum atomic E-state index is 0.558. The van der Waals surface area contributed by atoms with E-state index in [4.69, 9.17) is 4.74 Å². The van der Waals surface area contributed by atoms with E-state index in [0.717, 1.165) is 12.1 Å². The molecule has 2 saturated carbocycles. The molecule has 86 valence electrons. The number of likely N-dealkylation sites (N-methyl/N-ethyl adjacent to an activating group) is 1. The van der Waals surface area contributed by atoms with E-state index < -0.39 is 0 Å². The molecule has 3 fully saturated rings. The van der Waals surface area contributed by atoms with Gasteiger partial charge in [-0.1, -0.05) is 25.7 Å². The van der Waals surface area contributed by atoms with Crippen molar-refractivity contribution in [2.45, 2.75) is 75.7 Å². The van der Waals surface area contributed by atoms with E-state index in [2.05, 4.69) is 11.9 Å². The van der Waals surface area contributed by atoms with Crippen molar-refractivity contribution >= 4 is 0 Å². The van der Waals surface area contributed by atoms with Gasteiger partial charge in [0.1, 0.15) is 0 Å². The summed E-state index contributed by atoms with van der Waals surface area (Å²) in [5.74, 6) is 0. The smallest absolute Gasteiger partial charge is 0.0734 e. The van der Waals surface area contributed by atoms with Gasteiger partial charge in [0.2, 0.25) is 0 Å². The van der Waals surface area contributed by atoms with Crippen LogP contribution < -0.4 is 0 Å². The van der Waals surface area contributed by atoms with Gasteiger partial charge in [-0.3, -0.25) is 4.90 Å². The van der Waals surface area contributed by atoms with Crippen LogP contribution in [0.1, 0.15) is 51.4 Å². The molecule has 0 spiro atoms. The maximum atomic E-state index is 6.32. The van der Waals surface area contributed by atoms with Crippen molar-refractivity contribution in [3.63, 3.8) is 0 Å². The second-order valence-electron chi connectivity index (χ2n) is 5.58. The first-order chi connectivity index (χ1) is 7.36. The summed E-state index contributed by atoms with van der Waals surface area (Å²) in [6, 6.07) is 1.47. The number of fused-ring (bicyclic) bond motifs is 2. The predicted molar refractivity (Wildman–Crippen MR) is 60.9 cm³/mol. The van der Waals surface area contributed by atoms with Crippen LogP contribution in [-0.4, -0.2) is 36.2 Å². The summed E-state index contributed by atoms with van der Waals surface area (Å²) in [4.78, 5) is 2.66. The van der Waals surface area contributed by atoms with Crippen LogP contribution in [0.5, 0.6) is 0 Å². The highest BCUT2D eigenvalue weighted by molar-refractivity contribution is 4.96. The zero-order chi connectivity index (χ0) is 10.3. The van der Waals surface area contributed by atoms with Crippen molar-refractivity contribution in [2.75, 3.05) is 7.05 Å². The van der Waals surface area contributed by atoms with E-state index >= 15 is 0 Å². The van der Waals surface area contributed by atoms with Gasteiger partial charge in [-0.2, -0.15) is 0 Å². The van der Waals surface area contributed by atoms with Gasteiger partial charge in [0.25, 0.3) is 0 Å². The summed E-state index contributed by atoms with van der Waals surface area (Å²) < 4.78 is 6.32. The zero-order valence-corrected chi connectivity index (χ0v) is 9.82. The third kappa shape index (κ3) is 1.72. The van der Waals surface area contributed by atoms with E-state index in [-0.39, 0.29) is 0 Å². The predicted octanol–water partition coefficient (Wildman–Crippen LogP) is 2.57. The molecule has 0 aromatic rings. The molecule has 4 atom stereocenters. The van der Waals surface area contributed by atoms with Gasteiger partial charge in [-0.05, 0) is 32.7 Å². The highest BCUT2D eigenvalue weighted by Gasteiger charge is 2.43. The van der Waals surface area contributed by atoms with Crippen LogP contribution in [0.2, 0.25) is 0 Å². The third-order valence-corrected chi connectivity index (χ3v) is 4.73. The molecule has 0 bridgehead atoms. The fraction of sp³-hybridized carbons (Fsp3) is 1.00. The molecule has 0 N–H and O–H groups in total. The molecule has 1 heterocycles. The third-order valence-electron chi connectivity index (χ3n) is 4.73. The van der Waals surface area contributed by atoms with Crippen LogP contribution in [0.4, 0.5) is 0 Å². The lowest BCUT2D eigenvalue weighted by molar-refractivity contribution is -0.167. The molecule has 3 unspecified atom stereocenters. The van der Waals surface area contributed by atoms with E-state index in [0.29, 0.717) is 12.2 Å². The largest absolute Gasteiger partial charge is 0.372 e. The molecule has 0 aromatic heterocycles. The fourth-order valence-corrected chi connectivity index (χ4v) is 3.87. The molecule has 3 aliphatic rings. The first-order valence-corrected chi connectivity index (χ1v) is 6.73. The van der Waals surface area contributed by atoms with Gasteiger partial charge in [0.05, 0.1) is 12.2 Å². The fourth-order valence-electron chi connectivity index (χ4n) is 3.87. The Bertz CT molecular complexity index is 209. The van der Waals surface area contributed by atoms with Crippen molar-refractivity contribution < 1.29 is 4.74 Å². The molecule has 1 saturated heterocycles. The minimum Gasteiger partial charge on any atom is -0.372 e. The maximum absolute atomic E-state index is 6.32. The molecular formula is C13H23NO. The molecule has 1 aliphatic heterocycles. The van der Waals surface area contributed by atoms with Gasteiger partial charge in [-0.25, -0.2) is 0 Å². The number of nitrogens with zero attached hydrogens (tertiary/aromatic N) is 1. The number of ether oxygens (including phenoxy) is 1. The van der Waals surface area contributed by atoms with Crippen molar-refractivity contribution in [2.24, 2.45) is 0 Å². The van der Waals surface area contributed by atoms with Gasteiger partial charge in [0, 0.05) is 12.1 Å². The van der Waals surface area contributed by atoms with E-state index in [1.54, 1.807) is 0 Å². The topological polar surface area (TPSA) is 12.5 Å². The summed E-state index contributed by atoms with van der Waals surface area (Å²) >= 11 is 0. The first kappa shape index (κ1) is 10.1. The van der Waals surface area contributed by atoms with Gasteiger partial charge < -0.3 is 4.74 Å². The van der Waals surface area contributed by atoms with Crippen molar-refractivity contribution in [1.82, 2.24) is 4.90 Å². The number of morpholine rings is 1. The van der Waals surface area contributed by atoms with Crippen molar-refractivity contribution in [3.05, 3.63) is 0 Å². The van der Waals surface area contributed by atoms with Crippen LogP contribution in [-0.2, 0) is 4.74 Å². The SMILES string of the molecule is CN1C2CCCCC2O[C@@H]2CCCCC21. The van der Waals surface area contributed by atoms with Gasteiger partial charge >= 0.3 is 0 Å². The molecule has 2 heteroatoms. The summed E-state index contributed by atoms with van der Waals surface area (Å²) in [6.45, 7) is 0. The summed E-state index contributed by atoms with van der Waals surface area (Å²) in [7, 11) is 2.34. The van der Waals surface area contributed by atoms with Gasteiger partial charge in [0.15, 0.2) is 0 Å². The summed E-state index contributed by atoms with van der Waals surface area (Å²) in [5.41, 5.74) is 0. The maximum Gasteiger partial charge on any atom is 0.0734 e. The number of hydrogen-bond donors (Lipinski definition) is 0. The number of hydrogen-bond acceptors (Lipinski definition) is 2. The highest BCUT2D eigenvalue weighted by atomic mass is 16.5. The van der Waals surface area contributed by atoms with Crippen LogP contribution in [0.25, 0.3) is 0 Å². The Labute approximate surface area is 93.0 Å². The van der Waals surface area contributed by atoms with Crippen molar-refractivity contribution in [3.8, 4) is 0 Å². The molecule has 15 heavy (non-hydrogen) atoms. The van der Waals surface area contributed by atoms with Crippen LogP contribution in [0.15, 0.2) is 0 Å². The lowest BCUT2D eigenvalue weighted by Gasteiger charge is -2.52.